The second-order valence-corrected chi connectivity index (χ2v) is 4.13. The van der Waals surface area contributed by atoms with E-state index in [2.05, 4.69) is 5.32 Å². The van der Waals surface area contributed by atoms with Crippen molar-refractivity contribution in [1.29, 1.82) is 0 Å². The Bertz CT molecular complexity index is 404. The van der Waals surface area contributed by atoms with Crippen LogP contribution in [-0.4, -0.2) is 23.7 Å². The number of carbonyl (C=O) groups excluding carboxylic acids is 1. The summed E-state index contributed by atoms with van der Waals surface area (Å²) in [5, 5.41) is 12.3. The Labute approximate surface area is 94.5 Å². The molecule has 1 aliphatic rings. The minimum Gasteiger partial charge on any atom is -0.391 e. The van der Waals surface area contributed by atoms with E-state index in [1.165, 1.54) is 0 Å². The van der Waals surface area contributed by atoms with Gasteiger partial charge in [-0.25, -0.2) is 0 Å². The van der Waals surface area contributed by atoms with Gasteiger partial charge in [0.15, 0.2) is 0 Å². The van der Waals surface area contributed by atoms with Crippen LogP contribution in [0.2, 0.25) is 0 Å². The van der Waals surface area contributed by atoms with Gasteiger partial charge in [-0.3, -0.25) is 4.79 Å². The zero-order valence-corrected chi connectivity index (χ0v) is 9.07. The van der Waals surface area contributed by atoms with E-state index < -0.39 is 6.10 Å². The lowest BCUT2D eigenvalue weighted by Crippen LogP contribution is -2.23. The van der Waals surface area contributed by atoms with Gasteiger partial charge in [0.25, 0.3) is 0 Å². The summed E-state index contributed by atoms with van der Waals surface area (Å²) in [6.07, 6.45) is 1.39. The van der Waals surface area contributed by atoms with Crippen LogP contribution >= 0.6 is 0 Å². The highest BCUT2D eigenvalue weighted by Gasteiger charge is 2.15. The first-order chi connectivity index (χ1) is 7.69. The Morgan fingerprint density at radius 1 is 1.44 bits per heavy atom. The minimum atomic E-state index is -0.490. The van der Waals surface area contributed by atoms with Crippen LogP contribution in [0, 0.1) is 0 Å². The van der Waals surface area contributed by atoms with Crippen LogP contribution in [0.15, 0.2) is 18.2 Å². The number of aliphatic hydroxyl groups is 1. The summed E-state index contributed by atoms with van der Waals surface area (Å²) in [5.74, 6) is 0.0715. The zero-order valence-electron chi connectivity index (χ0n) is 9.07. The number of hydrogen-bond acceptors (Lipinski definition) is 3. The van der Waals surface area contributed by atoms with Gasteiger partial charge in [0.05, 0.1) is 6.10 Å². The van der Waals surface area contributed by atoms with Crippen molar-refractivity contribution < 1.29 is 9.90 Å². The number of amides is 1. The molecule has 0 fully saturated rings. The van der Waals surface area contributed by atoms with Crippen LogP contribution in [0.25, 0.3) is 0 Å². The Kier molecular flexibility index (Phi) is 3.22. The molecule has 16 heavy (non-hydrogen) atoms. The Morgan fingerprint density at radius 3 is 3.00 bits per heavy atom. The van der Waals surface area contributed by atoms with Crippen LogP contribution in [-0.2, 0) is 17.6 Å². The summed E-state index contributed by atoms with van der Waals surface area (Å²) in [6.45, 7) is 0.272. The normalized spacial score (nSPS) is 16.5. The third-order valence-corrected chi connectivity index (χ3v) is 2.81. The van der Waals surface area contributed by atoms with Crippen molar-refractivity contribution in [3.8, 4) is 0 Å². The van der Waals surface area contributed by atoms with E-state index in [0.29, 0.717) is 12.8 Å². The highest BCUT2D eigenvalue weighted by atomic mass is 16.3. The van der Waals surface area contributed by atoms with Gasteiger partial charge in [-0.1, -0.05) is 12.1 Å². The van der Waals surface area contributed by atoms with Gasteiger partial charge in [-0.2, -0.15) is 0 Å². The van der Waals surface area contributed by atoms with Crippen LogP contribution in [0.4, 0.5) is 5.69 Å². The van der Waals surface area contributed by atoms with E-state index in [1.54, 1.807) is 0 Å². The number of nitrogens with two attached hydrogens (primary N) is 1. The molecule has 0 spiro atoms. The van der Waals surface area contributed by atoms with Gasteiger partial charge in [0.2, 0.25) is 5.91 Å². The molecule has 0 aliphatic carbocycles. The number of nitrogens with one attached hydrogen (secondary N) is 1. The fraction of sp³-hybridized carbons (Fsp3) is 0.417. The highest BCUT2D eigenvalue weighted by Crippen LogP contribution is 2.23. The van der Waals surface area contributed by atoms with Gasteiger partial charge in [0, 0.05) is 18.7 Å². The van der Waals surface area contributed by atoms with Crippen molar-refractivity contribution >= 4 is 11.6 Å². The zero-order chi connectivity index (χ0) is 11.5. The minimum absolute atomic E-state index is 0.0715. The Morgan fingerprint density at radius 2 is 2.25 bits per heavy atom. The molecule has 0 saturated carbocycles. The molecule has 0 bridgehead atoms. The quantitative estimate of drug-likeness (QED) is 0.691. The maximum Gasteiger partial charge on any atom is 0.224 e. The standard InChI is InChI=1S/C12H16N2O2/c13-7-10(15)6-8-1-3-11-9(5-8)2-4-12(16)14-11/h1,3,5,10,15H,2,4,6-7,13H2,(H,14,16). The van der Waals surface area contributed by atoms with Crippen LogP contribution in [0.1, 0.15) is 17.5 Å². The molecule has 86 valence electrons. The van der Waals surface area contributed by atoms with Crippen molar-refractivity contribution in [2.24, 2.45) is 5.73 Å². The van der Waals surface area contributed by atoms with Crippen molar-refractivity contribution in [2.45, 2.75) is 25.4 Å². The molecule has 1 unspecified atom stereocenters. The first-order valence-electron chi connectivity index (χ1n) is 5.49. The van der Waals surface area contributed by atoms with E-state index in [1.807, 2.05) is 18.2 Å². The third kappa shape index (κ3) is 2.40. The van der Waals surface area contributed by atoms with Gasteiger partial charge in [-0.05, 0) is 30.0 Å². The summed E-state index contributed by atoms with van der Waals surface area (Å²) in [6, 6.07) is 5.85. The van der Waals surface area contributed by atoms with Crippen LogP contribution < -0.4 is 11.1 Å². The monoisotopic (exact) mass is 220 g/mol. The summed E-state index contributed by atoms with van der Waals surface area (Å²) in [4.78, 5) is 11.2. The molecule has 2 rings (SSSR count). The first-order valence-corrected chi connectivity index (χ1v) is 5.49. The molecule has 0 radical (unpaired) electrons. The van der Waals surface area contributed by atoms with E-state index in [0.717, 1.165) is 23.2 Å². The van der Waals surface area contributed by atoms with Gasteiger partial charge in [-0.15, -0.1) is 0 Å². The first kappa shape index (κ1) is 11.1. The van der Waals surface area contributed by atoms with Gasteiger partial charge in [0.1, 0.15) is 0 Å². The van der Waals surface area contributed by atoms with Crippen molar-refractivity contribution in [3.63, 3.8) is 0 Å². The predicted octanol–water partition coefficient (Wildman–Crippen LogP) is 0.433. The molecule has 4 heteroatoms. The van der Waals surface area contributed by atoms with Crippen molar-refractivity contribution in [3.05, 3.63) is 29.3 Å². The molecule has 0 aromatic heterocycles. The molecule has 4 N–H and O–H groups in total. The average molecular weight is 220 g/mol. The van der Waals surface area contributed by atoms with Gasteiger partial charge >= 0.3 is 0 Å². The number of carbonyl (C=O) groups is 1. The van der Waals surface area contributed by atoms with Gasteiger partial charge < -0.3 is 16.2 Å². The molecular weight excluding hydrogens is 204 g/mol. The lowest BCUT2D eigenvalue weighted by Gasteiger charge is -2.18. The molecule has 1 amide bonds. The number of hydrogen-bond donors (Lipinski definition) is 3. The molecule has 0 saturated heterocycles. The van der Waals surface area contributed by atoms with Crippen LogP contribution in [0.3, 0.4) is 0 Å². The predicted molar refractivity (Wildman–Crippen MR) is 62.2 cm³/mol. The van der Waals surface area contributed by atoms with E-state index >= 15 is 0 Å². The Hall–Kier alpha value is -1.39. The van der Waals surface area contributed by atoms with E-state index in [9.17, 15) is 9.90 Å². The summed E-state index contributed by atoms with van der Waals surface area (Å²) >= 11 is 0. The lowest BCUT2D eigenvalue weighted by atomic mass is 9.98. The summed E-state index contributed by atoms with van der Waals surface area (Å²) in [5.41, 5.74) is 8.46. The van der Waals surface area contributed by atoms with Crippen molar-refractivity contribution in [1.82, 2.24) is 0 Å². The fourth-order valence-corrected chi connectivity index (χ4v) is 1.92. The van der Waals surface area contributed by atoms with E-state index in [4.69, 9.17) is 5.73 Å². The topological polar surface area (TPSA) is 75.3 Å². The number of benzene rings is 1. The molecule has 1 heterocycles. The Balaban J connectivity index is 2.16. The SMILES string of the molecule is NCC(O)Cc1ccc2c(c1)CCC(=O)N2. The van der Waals surface area contributed by atoms with E-state index in [-0.39, 0.29) is 12.5 Å². The maximum atomic E-state index is 11.2. The molecular formula is C12H16N2O2. The summed E-state index contributed by atoms with van der Waals surface area (Å²) < 4.78 is 0. The fourth-order valence-electron chi connectivity index (χ4n) is 1.92. The number of aliphatic hydroxyl groups excluding tert-OH is 1. The van der Waals surface area contributed by atoms with Crippen LogP contribution in [0.5, 0.6) is 0 Å². The smallest absolute Gasteiger partial charge is 0.224 e. The second-order valence-electron chi connectivity index (χ2n) is 4.13. The molecule has 4 nitrogen and oxygen atoms in total. The average Bonchev–Trinajstić information content (AvgIpc) is 2.29. The lowest BCUT2D eigenvalue weighted by molar-refractivity contribution is -0.116. The molecule has 1 aliphatic heterocycles. The number of rotatable bonds is 3. The third-order valence-electron chi connectivity index (χ3n) is 2.81. The summed E-state index contributed by atoms with van der Waals surface area (Å²) in [7, 11) is 0. The number of fused-ring (bicyclic) bond motifs is 1. The number of aryl methyl sites for hydroxylation is 1. The second kappa shape index (κ2) is 4.63. The molecule has 1 atom stereocenters. The number of anilines is 1. The maximum absolute atomic E-state index is 11.2. The molecule has 1 aromatic carbocycles. The van der Waals surface area contributed by atoms with Crippen molar-refractivity contribution in [2.75, 3.05) is 11.9 Å². The largest absolute Gasteiger partial charge is 0.391 e. The molecule has 1 aromatic rings. The highest BCUT2D eigenvalue weighted by molar-refractivity contribution is 5.93.